The minimum atomic E-state index is -0.0405. The lowest BCUT2D eigenvalue weighted by atomic mass is 9.82. The highest BCUT2D eigenvalue weighted by Crippen LogP contribution is 2.38. The fourth-order valence-corrected chi connectivity index (χ4v) is 2.55. The average molecular weight is 235 g/mol. The number of hydrogen-bond acceptors (Lipinski definition) is 4. The molecule has 94 valence electrons. The summed E-state index contributed by atoms with van der Waals surface area (Å²) in [5.74, 6) is 0.936. The third kappa shape index (κ3) is 2.41. The summed E-state index contributed by atoms with van der Waals surface area (Å²) in [5.41, 5.74) is 1.09. The van der Waals surface area contributed by atoms with Crippen molar-refractivity contribution in [3.8, 4) is 0 Å². The first kappa shape index (κ1) is 12.3. The Hall–Kier alpha value is -1.16. The van der Waals surface area contributed by atoms with Gasteiger partial charge in [0.05, 0.1) is 24.7 Å². The van der Waals surface area contributed by atoms with Crippen LogP contribution in [0.4, 0.5) is 5.82 Å². The highest BCUT2D eigenvalue weighted by atomic mass is 16.3. The molecule has 1 saturated heterocycles. The van der Waals surface area contributed by atoms with E-state index in [9.17, 15) is 0 Å². The number of aliphatic hydroxyl groups excluding tert-OH is 1. The van der Waals surface area contributed by atoms with Gasteiger partial charge in [0.2, 0.25) is 0 Å². The van der Waals surface area contributed by atoms with Crippen molar-refractivity contribution in [2.75, 3.05) is 18.0 Å². The van der Waals surface area contributed by atoms with Crippen LogP contribution in [0.1, 0.15) is 38.8 Å². The first-order valence-electron chi connectivity index (χ1n) is 6.40. The molecule has 17 heavy (non-hydrogen) atoms. The van der Waals surface area contributed by atoms with Gasteiger partial charge in [-0.3, -0.25) is 4.98 Å². The maximum atomic E-state index is 8.94. The fraction of sp³-hybridized carbons (Fsp3) is 0.692. The summed E-state index contributed by atoms with van der Waals surface area (Å²) < 4.78 is 0. The number of aliphatic hydroxyl groups is 1. The molecule has 0 spiro atoms. The van der Waals surface area contributed by atoms with Crippen LogP contribution in [0.2, 0.25) is 0 Å². The van der Waals surface area contributed by atoms with Gasteiger partial charge in [0.1, 0.15) is 5.82 Å². The van der Waals surface area contributed by atoms with Crippen molar-refractivity contribution in [2.45, 2.75) is 39.7 Å². The third-order valence-corrected chi connectivity index (χ3v) is 4.12. The molecule has 0 amide bonds. The van der Waals surface area contributed by atoms with Crippen molar-refractivity contribution >= 4 is 5.82 Å². The van der Waals surface area contributed by atoms with Gasteiger partial charge in [-0.2, -0.15) is 0 Å². The molecule has 0 aromatic carbocycles. The first-order chi connectivity index (χ1) is 8.23. The van der Waals surface area contributed by atoms with Gasteiger partial charge in [0.25, 0.3) is 0 Å². The summed E-state index contributed by atoms with van der Waals surface area (Å²) in [6.07, 6.45) is 7.12. The van der Waals surface area contributed by atoms with Crippen LogP contribution in [0.3, 0.4) is 0 Å². The van der Waals surface area contributed by atoms with Gasteiger partial charge in [0.15, 0.2) is 0 Å². The summed E-state index contributed by atoms with van der Waals surface area (Å²) in [6.45, 7) is 6.64. The summed E-state index contributed by atoms with van der Waals surface area (Å²) in [4.78, 5) is 10.9. The van der Waals surface area contributed by atoms with Crippen molar-refractivity contribution in [2.24, 2.45) is 5.41 Å². The minimum Gasteiger partial charge on any atom is -0.390 e. The van der Waals surface area contributed by atoms with Gasteiger partial charge in [-0.15, -0.1) is 0 Å². The van der Waals surface area contributed by atoms with Crippen molar-refractivity contribution < 1.29 is 5.11 Å². The minimum absolute atomic E-state index is 0.0405. The molecular formula is C13H21N3O. The van der Waals surface area contributed by atoms with Crippen LogP contribution in [-0.2, 0) is 6.61 Å². The summed E-state index contributed by atoms with van der Waals surface area (Å²) in [5, 5.41) is 8.94. The smallest absolute Gasteiger partial charge is 0.147 e. The maximum Gasteiger partial charge on any atom is 0.147 e. The SMILES string of the molecule is CCC1(CC)CCN(c2cnc(CO)cn2)C1. The van der Waals surface area contributed by atoms with E-state index in [0.717, 1.165) is 18.9 Å². The molecule has 2 heterocycles. The van der Waals surface area contributed by atoms with Gasteiger partial charge >= 0.3 is 0 Å². The molecule has 1 N–H and O–H groups in total. The van der Waals surface area contributed by atoms with Crippen LogP contribution < -0.4 is 4.90 Å². The first-order valence-corrected chi connectivity index (χ1v) is 6.40. The number of rotatable bonds is 4. The van der Waals surface area contributed by atoms with Crippen LogP contribution in [0.15, 0.2) is 12.4 Å². The van der Waals surface area contributed by atoms with E-state index in [1.807, 2.05) is 0 Å². The second-order valence-electron chi connectivity index (χ2n) is 4.90. The predicted octanol–water partition coefficient (Wildman–Crippen LogP) is 1.99. The Balaban J connectivity index is 2.09. The van der Waals surface area contributed by atoms with Crippen LogP contribution in [0, 0.1) is 5.41 Å². The van der Waals surface area contributed by atoms with E-state index in [2.05, 4.69) is 28.7 Å². The number of hydrogen-bond donors (Lipinski definition) is 1. The largest absolute Gasteiger partial charge is 0.390 e. The van der Waals surface area contributed by atoms with E-state index in [4.69, 9.17) is 5.11 Å². The Morgan fingerprint density at radius 3 is 2.53 bits per heavy atom. The van der Waals surface area contributed by atoms with E-state index in [0.29, 0.717) is 11.1 Å². The monoisotopic (exact) mass is 235 g/mol. The molecular weight excluding hydrogens is 214 g/mol. The Labute approximate surface area is 103 Å². The van der Waals surface area contributed by atoms with Crippen molar-refractivity contribution in [3.05, 3.63) is 18.1 Å². The lowest BCUT2D eigenvalue weighted by molar-refractivity contribution is 0.276. The quantitative estimate of drug-likeness (QED) is 0.867. The van der Waals surface area contributed by atoms with Crippen molar-refractivity contribution in [3.63, 3.8) is 0 Å². The van der Waals surface area contributed by atoms with Crippen LogP contribution in [-0.4, -0.2) is 28.2 Å². The van der Waals surface area contributed by atoms with Gasteiger partial charge in [0, 0.05) is 13.1 Å². The molecule has 1 fully saturated rings. The average Bonchev–Trinajstić information content (AvgIpc) is 2.84. The Morgan fingerprint density at radius 2 is 2.06 bits per heavy atom. The van der Waals surface area contributed by atoms with Gasteiger partial charge in [-0.05, 0) is 24.7 Å². The summed E-state index contributed by atoms with van der Waals surface area (Å²) in [7, 11) is 0. The van der Waals surface area contributed by atoms with Crippen molar-refractivity contribution in [1.82, 2.24) is 9.97 Å². The van der Waals surface area contributed by atoms with Gasteiger partial charge in [-0.1, -0.05) is 13.8 Å². The molecule has 1 aliphatic heterocycles. The lowest BCUT2D eigenvalue weighted by Crippen LogP contribution is -2.26. The van der Waals surface area contributed by atoms with Crippen molar-refractivity contribution in [1.29, 1.82) is 0 Å². The Bertz CT molecular complexity index is 359. The summed E-state index contributed by atoms with van der Waals surface area (Å²) >= 11 is 0. The molecule has 4 nitrogen and oxygen atoms in total. The molecule has 0 atom stereocenters. The van der Waals surface area contributed by atoms with E-state index < -0.39 is 0 Å². The molecule has 0 unspecified atom stereocenters. The van der Waals surface area contributed by atoms with E-state index >= 15 is 0 Å². The fourth-order valence-electron chi connectivity index (χ4n) is 2.55. The standard InChI is InChI=1S/C13H21N3O/c1-3-13(4-2)5-6-16(10-13)12-8-14-11(9-17)7-15-12/h7-8,17H,3-6,9-10H2,1-2H3. The van der Waals surface area contributed by atoms with E-state index in [1.165, 1.54) is 19.3 Å². The molecule has 2 rings (SSSR count). The van der Waals surface area contributed by atoms with Gasteiger partial charge < -0.3 is 10.0 Å². The number of anilines is 1. The van der Waals surface area contributed by atoms with Crippen LogP contribution in [0.25, 0.3) is 0 Å². The third-order valence-electron chi connectivity index (χ3n) is 4.12. The zero-order chi connectivity index (χ0) is 12.3. The second-order valence-corrected chi connectivity index (χ2v) is 4.90. The summed E-state index contributed by atoms with van der Waals surface area (Å²) in [6, 6.07) is 0. The number of nitrogens with zero attached hydrogens (tertiary/aromatic N) is 3. The van der Waals surface area contributed by atoms with Gasteiger partial charge in [-0.25, -0.2) is 4.98 Å². The highest BCUT2D eigenvalue weighted by Gasteiger charge is 2.35. The molecule has 0 aliphatic carbocycles. The highest BCUT2D eigenvalue weighted by molar-refractivity contribution is 5.38. The molecule has 0 bridgehead atoms. The second kappa shape index (κ2) is 5.00. The number of aromatic nitrogens is 2. The lowest BCUT2D eigenvalue weighted by Gasteiger charge is -2.26. The molecule has 1 aromatic rings. The predicted molar refractivity (Wildman–Crippen MR) is 67.8 cm³/mol. The normalized spacial score (nSPS) is 18.6. The molecule has 4 heteroatoms. The maximum absolute atomic E-state index is 8.94. The Kier molecular flexibility index (Phi) is 3.62. The molecule has 0 saturated carbocycles. The topological polar surface area (TPSA) is 49.2 Å². The molecule has 1 aliphatic rings. The van der Waals surface area contributed by atoms with E-state index in [1.54, 1.807) is 12.4 Å². The zero-order valence-electron chi connectivity index (χ0n) is 10.7. The van der Waals surface area contributed by atoms with Crippen LogP contribution >= 0.6 is 0 Å². The molecule has 1 aromatic heterocycles. The molecule has 0 radical (unpaired) electrons. The van der Waals surface area contributed by atoms with Crippen LogP contribution in [0.5, 0.6) is 0 Å². The Morgan fingerprint density at radius 1 is 1.29 bits per heavy atom. The van der Waals surface area contributed by atoms with E-state index in [-0.39, 0.29) is 6.61 Å². The zero-order valence-corrected chi connectivity index (χ0v) is 10.7.